The van der Waals surface area contributed by atoms with Crippen molar-refractivity contribution in [3.05, 3.63) is 18.7 Å². The third-order valence-electron chi connectivity index (χ3n) is 2.24. The summed E-state index contributed by atoms with van der Waals surface area (Å²) in [4.78, 5) is 14.6. The summed E-state index contributed by atoms with van der Waals surface area (Å²) in [5.41, 5.74) is 0. The number of aromatic nitrogens is 2. The predicted octanol–water partition coefficient (Wildman–Crippen LogP) is -0.501. The van der Waals surface area contributed by atoms with Crippen molar-refractivity contribution in [1.29, 1.82) is 0 Å². The number of hydrogen-bond acceptors (Lipinski definition) is 5. The van der Waals surface area contributed by atoms with Crippen molar-refractivity contribution in [3.63, 3.8) is 0 Å². The summed E-state index contributed by atoms with van der Waals surface area (Å²) < 4.78 is 12.0. The molecule has 7 heteroatoms. The van der Waals surface area contributed by atoms with Crippen LogP contribution in [0.5, 0.6) is 0 Å². The van der Waals surface area contributed by atoms with Crippen LogP contribution in [0, 0.1) is 0 Å². The Balaban J connectivity index is 1.81. The summed E-state index contributed by atoms with van der Waals surface area (Å²) >= 11 is 0. The second kappa shape index (κ2) is 4.95. The summed E-state index contributed by atoms with van der Waals surface area (Å²) in [5, 5.41) is 11.7. The molecule has 0 aromatic carbocycles. The van der Waals surface area contributed by atoms with Gasteiger partial charge in [0.15, 0.2) is 6.23 Å². The summed E-state index contributed by atoms with van der Waals surface area (Å²) in [5.74, 6) is 0. The monoisotopic (exact) mass is 227 g/mol. The normalized spacial score (nSPS) is 21.6. The zero-order chi connectivity index (χ0) is 11.4. The van der Waals surface area contributed by atoms with Crippen molar-refractivity contribution in [3.8, 4) is 0 Å². The second-order valence-electron chi connectivity index (χ2n) is 3.39. The molecule has 7 nitrogen and oxygen atoms in total. The molecule has 16 heavy (non-hydrogen) atoms. The Bertz CT molecular complexity index is 341. The maximum atomic E-state index is 10.7. The largest absolute Gasteiger partial charge is 0.442 e. The van der Waals surface area contributed by atoms with Gasteiger partial charge in [-0.15, -0.1) is 0 Å². The molecule has 1 aliphatic rings. The number of aliphatic hydroxyl groups is 1. The number of nitrogens with one attached hydrogen (secondary N) is 1. The minimum absolute atomic E-state index is 0.162. The van der Waals surface area contributed by atoms with Gasteiger partial charge in [-0.3, -0.25) is 0 Å². The highest BCUT2D eigenvalue weighted by Crippen LogP contribution is 2.09. The van der Waals surface area contributed by atoms with E-state index in [1.807, 2.05) is 0 Å². The molecule has 0 bridgehead atoms. The zero-order valence-electron chi connectivity index (χ0n) is 8.57. The zero-order valence-corrected chi connectivity index (χ0v) is 8.57. The van der Waals surface area contributed by atoms with Gasteiger partial charge in [-0.05, 0) is 0 Å². The van der Waals surface area contributed by atoms with Crippen molar-refractivity contribution >= 4 is 6.09 Å². The van der Waals surface area contributed by atoms with Crippen LogP contribution < -0.4 is 5.32 Å². The van der Waals surface area contributed by atoms with Gasteiger partial charge in [-0.2, -0.15) is 0 Å². The van der Waals surface area contributed by atoms with Crippen molar-refractivity contribution < 1.29 is 19.4 Å². The van der Waals surface area contributed by atoms with E-state index < -0.39 is 12.3 Å². The number of amides is 1. The van der Waals surface area contributed by atoms with E-state index in [0.29, 0.717) is 6.54 Å². The van der Waals surface area contributed by atoms with E-state index in [1.54, 1.807) is 23.3 Å². The molecule has 2 N–H and O–H groups in total. The molecule has 2 unspecified atom stereocenters. The number of carbonyl (C=O) groups is 1. The number of hydrogen-bond donors (Lipinski definition) is 2. The SMILES string of the molecule is O=C1NCC(COC(CO)n2ccnc2)O1. The first kappa shape index (κ1) is 10.9. The Kier molecular flexibility index (Phi) is 3.37. The highest BCUT2D eigenvalue weighted by molar-refractivity contribution is 5.69. The molecule has 2 atom stereocenters. The number of ether oxygens (including phenoxy) is 2. The summed E-state index contributed by atoms with van der Waals surface area (Å²) in [7, 11) is 0. The van der Waals surface area contributed by atoms with E-state index >= 15 is 0 Å². The lowest BCUT2D eigenvalue weighted by atomic mass is 10.4. The van der Waals surface area contributed by atoms with E-state index in [2.05, 4.69) is 10.3 Å². The molecule has 2 rings (SSSR count). The number of nitrogens with zero attached hydrogens (tertiary/aromatic N) is 2. The summed E-state index contributed by atoms with van der Waals surface area (Å²) in [6, 6.07) is 0. The van der Waals surface area contributed by atoms with E-state index in [-0.39, 0.29) is 19.3 Å². The number of rotatable bonds is 5. The smallest absolute Gasteiger partial charge is 0.407 e. The first-order chi connectivity index (χ1) is 7.79. The minimum Gasteiger partial charge on any atom is -0.442 e. The van der Waals surface area contributed by atoms with E-state index in [0.717, 1.165) is 0 Å². The van der Waals surface area contributed by atoms with Gasteiger partial charge in [-0.25, -0.2) is 9.78 Å². The van der Waals surface area contributed by atoms with Crippen LogP contribution in [0.2, 0.25) is 0 Å². The number of alkyl carbamates (subject to hydrolysis) is 1. The summed E-state index contributed by atoms with van der Waals surface area (Å²) in [6.45, 7) is 0.507. The number of cyclic esters (lactones) is 1. The van der Waals surface area contributed by atoms with Gasteiger partial charge >= 0.3 is 6.09 Å². The van der Waals surface area contributed by atoms with Gasteiger partial charge < -0.3 is 24.5 Å². The average Bonchev–Trinajstić information content (AvgIpc) is 2.91. The Morgan fingerprint density at radius 2 is 2.69 bits per heavy atom. The Labute approximate surface area is 92.0 Å². The van der Waals surface area contributed by atoms with Crippen LogP contribution >= 0.6 is 0 Å². The van der Waals surface area contributed by atoms with E-state index in [9.17, 15) is 4.79 Å². The van der Waals surface area contributed by atoms with Crippen LogP contribution in [0.1, 0.15) is 6.23 Å². The quantitative estimate of drug-likeness (QED) is 0.708. The second-order valence-corrected chi connectivity index (χ2v) is 3.39. The Morgan fingerprint density at radius 3 is 3.25 bits per heavy atom. The van der Waals surface area contributed by atoms with Crippen LogP contribution in [0.3, 0.4) is 0 Å². The van der Waals surface area contributed by atoms with Gasteiger partial charge in [0.1, 0.15) is 6.10 Å². The molecular weight excluding hydrogens is 214 g/mol. The minimum atomic E-state index is -0.498. The fraction of sp³-hybridized carbons (Fsp3) is 0.556. The first-order valence-corrected chi connectivity index (χ1v) is 4.94. The average molecular weight is 227 g/mol. The molecule has 0 spiro atoms. The molecule has 1 aliphatic heterocycles. The third-order valence-corrected chi connectivity index (χ3v) is 2.24. The van der Waals surface area contributed by atoms with Gasteiger partial charge in [0.25, 0.3) is 0 Å². The lowest BCUT2D eigenvalue weighted by molar-refractivity contribution is -0.0618. The Hall–Kier alpha value is -1.60. The molecule has 1 aromatic rings. The molecular formula is C9H13N3O4. The molecule has 88 valence electrons. The van der Waals surface area contributed by atoms with E-state index in [4.69, 9.17) is 14.6 Å². The fourth-order valence-corrected chi connectivity index (χ4v) is 1.42. The molecule has 1 aromatic heterocycles. The maximum absolute atomic E-state index is 10.7. The van der Waals surface area contributed by atoms with Crippen LogP contribution in [-0.2, 0) is 9.47 Å². The molecule has 0 saturated carbocycles. The Morgan fingerprint density at radius 1 is 1.81 bits per heavy atom. The van der Waals surface area contributed by atoms with Crippen molar-refractivity contribution in [1.82, 2.24) is 14.9 Å². The molecule has 1 amide bonds. The molecule has 0 radical (unpaired) electrons. The standard InChI is InChI=1S/C9H13N3O4/c13-4-8(12-2-1-10-6-12)15-5-7-3-11-9(14)16-7/h1-2,6-8,13H,3-5H2,(H,11,14). The van der Waals surface area contributed by atoms with Crippen molar-refractivity contribution in [2.75, 3.05) is 19.8 Å². The topological polar surface area (TPSA) is 85.6 Å². The number of carbonyl (C=O) groups excluding carboxylic acids is 1. The molecule has 1 fully saturated rings. The van der Waals surface area contributed by atoms with Gasteiger partial charge in [-0.1, -0.05) is 0 Å². The van der Waals surface area contributed by atoms with Crippen molar-refractivity contribution in [2.45, 2.75) is 12.3 Å². The van der Waals surface area contributed by atoms with Crippen LogP contribution in [0.4, 0.5) is 4.79 Å². The van der Waals surface area contributed by atoms with Gasteiger partial charge in [0.05, 0.1) is 26.1 Å². The highest BCUT2D eigenvalue weighted by atomic mass is 16.6. The van der Waals surface area contributed by atoms with Gasteiger partial charge in [0, 0.05) is 12.4 Å². The molecule has 1 saturated heterocycles. The number of aliphatic hydroxyl groups excluding tert-OH is 1. The molecule has 0 aliphatic carbocycles. The lowest BCUT2D eigenvalue weighted by Crippen LogP contribution is -2.25. The van der Waals surface area contributed by atoms with Crippen LogP contribution in [0.25, 0.3) is 0 Å². The maximum Gasteiger partial charge on any atom is 0.407 e. The molecule has 2 heterocycles. The first-order valence-electron chi connectivity index (χ1n) is 4.94. The summed E-state index contributed by atoms with van der Waals surface area (Å²) in [6.07, 6.45) is 3.62. The highest BCUT2D eigenvalue weighted by Gasteiger charge is 2.23. The lowest BCUT2D eigenvalue weighted by Gasteiger charge is -2.18. The van der Waals surface area contributed by atoms with Crippen molar-refractivity contribution in [2.24, 2.45) is 0 Å². The third kappa shape index (κ3) is 2.50. The van der Waals surface area contributed by atoms with Crippen LogP contribution in [0.15, 0.2) is 18.7 Å². The van der Waals surface area contributed by atoms with E-state index in [1.165, 1.54) is 0 Å². The fourth-order valence-electron chi connectivity index (χ4n) is 1.42. The predicted molar refractivity (Wildman–Crippen MR) is 52.6 cm³/mol. The number of imidazole rings is 1. The van der Waals surface area contributed by atoms with Gasteiger partial charge in [0.2, 0.25) is 0 Å². The van der Waals surface area contributed by atoms with Crippen LogP contribution in [-0.4, -0.2) is 46.6 Å².